The molecule has 1 aliphatic rings. The van der Waals surface area contributed by atoms with E-state index in [0.717, 1.165) is 42.9 Å². The Morgan fingerprint density at radius 2 is 1.94 bits per heavy atom. The highest BCUT2D eigenvalue weighted by Crippen LogP contribution is 2.25. The Morgan fingerprint density at radius 3 is 2.73 bits per heavy atom. The second kappa shape index (κ2) is 10.4. The molecular weight excluding hydrogens is 436 g/mol. The second-order valence-corrected chi connectivity index (χ2v) is 9.41. The summed E-state index contributed by atoms with van der Waals surface area (Å²) in [6, 6.07) is 13.5. The van der Waals surface area contributed by atoms with Crippen molar-refractivity contribution in [1.82, 2.24) is 15.1 Å². The van der Waals surface area contributed by atoms with E-state index in [1.807, 2.05) is 48.0 Å². The van der Waals surface area contributed by atoms with Crippen molar-refractivity contribution >= 4 is 23.3 Å². The molecule has 0 saturated carbocycles. The Labute approximate surface area is 200 Å². The number of ether oxygens (including phenoxy) is 1. The molecule has 0 radical (unpaired) electrons. The topological polar surface area (TPSA) is 68.2 Å². The number of hydrogen-bond acceptors (Lipinski definition) is 4. The van der Waals surface area contributed by atoms with Crippen LogP contribution in [0.2, 0.25) is 5.02 Å². The molecule has 2 heterocycles. The van der Waals surface area contributed by atoms with Crippen molar-refractivity contribution in [1.29, 1.82) is 0 Å². The van der Waals surface area contributed by atoms with E-state index in [-0.39, 0.29) is 5.91 Å². The van der Waals surface area contributed by atoms with Crippen LogP contribution in [0.5, 0.6) is 5.75 Å². The average molecular weight is 467 g/mol. The summed E-state index contributed by atoms with van der Waals surface area (Å²) in [6.45, 7) is 9.25. The van der Waals surface area contributed by atoms with Crippen LogP contribution in [0.25, 0.3) is 0 Å². The molecule has 6 nitrogen and oxygen atoms in total. The van der Waals surface area contributed by atoms with Crippen molar-refractivity contribution in [2.75, 3.05) is 25.0 Å². The lowest BCUT2D eigenvalue weighted by molar-refractivity contribution is 0.102. The number of carbonyl (C=O) groups is 1. The molecule has 0 bridgehead atoms. The zero-order valence-electron chi connectivity index (χ0n) is 19.5. The molecule has 4 rings (SSSR count). The Bertz CT molecular complexity index is 1140. The first-order chi connectivity index (χ1) is 15.9. The minimum atomic E-state index is -0.150. The third kappa shape index (κ3) is 5.95. The van der Waals surface area contributed by atoms with Crippen LogP contribution >= 0.6 is 11.6 Å². The van der Waals surface area contributed by atoms with Crippen LogP contribution in [0.15, 0.2) is 42.5 Å². The number of aryl methyl sites for hydroxylation is 1. The van der Waals surface area contributed by atoms with Crippen LogP contribution in [0, 0.1) is 12.8 Å². The molecule has 7 heteroatoms. The number of nitrogens with one attached hydrogen (secondary N) is 2. The number of fused-ring (bicyclic) bond motifs is 1. The van der Waals surface area contributed by atoms with Gasteiger partial charge in [-0.1, -0.05) is 31.5 Å². The third-order valence-electron chi connectivity index (χ3n) is 5.75. The van der Waals surface area contributed by atoms with Gasteiger partial charge in [-0.15, -0.1) is 0 Å². The van der Waals surface area contributed by atoms with E-state index in [1.165, 1.54) is 11.1 Å². The first-order valence-corrected chi connectivity index (χ1v) is 11.9. The summed E-state index contributed by atoms with van der Waals surface area (Å²) >= 11 is 6.24. The molecule has 0 unspecified atom stereocenters. The van der Waals surface area contributed by atoms with Crippen LogP contribution in [0.4, 0.5) is 5.82 Å². The van der Waals surface area contributed by atoms with E-state index in [4.69, 9.17) is 16.3 Å². The van der Waals surface area contributed by atoms with Gasteiger partial charge in [-0.3, -0.25) is 9.48 Å². The van der Waals surface area contributed by atoms with Gasteiger partial charge in [0.05, 0.1) is 13.2 Å². The number of hydrogen-bond donors (Lipinski definition) is 2. The maximum absolute atomic E-state index is 12.9. The van der Waals surface area contributed by atoms with Gasteiger partial charge in [-0.2, -0.15) is 5.10 Å². The maximum atomic E-state index is 12.9. The summed E-state index contributed by atoms with van der Waals surface area (Å²) in [5.41, 5.74) is 5.10. The first-order valence-electron chi connectivity index (χ1n) is 11.5. The monoisotopic (exact) mass is 466 g/mol. The number of nitrogens with zero attached hydrogens (tertiary/aromatic N) is 2. The number of carbonyl (C=O) groups excluding carboxylic acids is 1. The average Bonchev–Trinajstić information content (AvgIpc) is 2.97. The van der Waals surface area contributed by atoms with Crippen molar-refractivity contribution in [2.45, 2.75) is 40.2 Å². The predicted molar refractivity (Wildman–Crippen MR) is 133 cm³/mol. The molecule has 1 aliphatic heterocycles. The van der Waals surface area contributed by atoms with Gasteiger partial charge in [-0.25, -0.2) is 0 Å². The predicted octanol–water partition coefficient (Wildman–Crippen LogP) is 4.87. The summed E-state index contributed by atoms with van der Waals surface area (Å²) in [5, 5.41) is 11.6. The lowest BCUT2D eigenvalue weighted by atomic mass is 10.00. The SMILES string of the molecule is Cc1cc(NC(=O)c2ccc3c(c2)CCNCC3)nn1Cc1cc(Cl)ccc1OCC(C)C. The number of rotatable bonds is 7. The van der Waals surface area contributed by atoms with Crippen LogP contribution in [0.1, 0.15) is 46.6 Å². The molecule has 0 atom stereocenters. The van der Waals surface area contributed by atoms with E-state index in [2.05, 4.69) is 35.6 Å². The zero-order chi connectivity index (χ0) is 23.4. The van der Waals surface area contributed by atoms with Crippen molar-refractivity contribution in [2.24, 2.45) is 5.92 Å². The van der Waals surface area contributed by atoms with E-state index in [9.17, 15) is 4.79 Å². The Hall–Kier alpha value is -2.83. The molecule has 174 valence electrons. The van der Waals surface area contributed by atoms with Crippen LogP contribution < -0.4 is 15.4 Å². The largest absolute Gasteiger partial charge is 0.493 e. The fourth-order valence-electron chi connectivity index (χ4n) is 3.96. The van der Waals surface area contributed by atoms with E-state index < -0.39 is 0 Å². The Kier molecular flexibility index (Phi) is 7.36. The zero-order valence-corrected chi connectivity index (χ0v) is 20.2. The lowest BCUT2D eigenvalue weighted by Crippen LogP contribution is -2.16. The minimum Gasteiger partial charge on any atom is -0.493 e. The van der Waals surface area contributed by atoms with Crippen LogP contribution in [-0.2, 0) is 19.4 Å². The quantitative estimate of drug-likeness (QED) is 0.521. The molecule has 0 fully saturated rings. The van der Waals surface area contributed by atoms with E-state index in [0.29, 0.717) is 35.5 Å². The molecule has 33 heavy (non-hydrogen) atoms. The van der Waals surface area contributed by atoms with Crippen molar-refractivity contribution in [3.8, 4) is 5.75 Å². The molecule has 0 spiro atoms. The minimum absolute atomic E-state index is 0.150. The fraction of sp³-hybridized carbons (Fsp3) is 0.385. The number of anilines is 1. The van der Waals surface area contributed by atoms with E-state index >= 15 is 0 Å². The molecule has 2 aromatic carbocycles. The summed E-state index contributed by atoms with van der Waals surface area (Å²) in [6.07, 6.45) is 1.93. The van der Waals surface area contributed by atoms with Crippen molar-refractivity contribution < 1.29 is 9.53 Å². The van der Waals surface area contributed by atoms with Gasteiger partial charge >= 0.3 is 0 Å². The summed E-state index contributed by atoms with van der Waals surface area (Å²) in [5.74, 6) is 1.60. The maximum Gasteiger partial charge on any atom is 0.256 e. The fourth-order valence-corrected chi connectivity index (χ4v) is 4.16. The Balaban J connectivity index is 1.49. The number of aromatic nitrogens is 2. The highest BCUT2D eigenvalue weighted by Gasteiger charge is 2.15. The number of benzene rings is 2. The molecule has 0 aliphatic carbocycles. The highest BCUT2D eigenvalue weighted by atomic mass is 35.5. The molecule has 1 amide bonds. The summed E-state index contributed by atoms with van der Waals surface area (Å²) in [4.78, 5) is 12.9. The van der Waals surface area contributed by atoms with Gasteiger partial charge in [-0.05, 0) is 80.2 Å². The lowest BCUT2D eigenvalue weighted by Gasteiger charge is -2.14. The van der Waals surface area contributed by atoms with Gasteiger partial charge in [0.15, 0.2) is 5.82 Å². The second-order valence-electron chi connectivity index (χ2n) is 8.97. The van der Waals surface area contributed by atoms with E-state index in [1.54, 1.807) is 0 Å². The van der Waals surface area contributed by atoms with Gasteiger partial charge in [0.2, 0.25) is 0 Å². The van der Waals surface area contributed by atoms with Gasteiger partial charge in [0, 0.05) is 27.9 Å². The standard InChI is InChI=1S/C26H31ClN4O2/c1-17(2)16-33-24-7-6-23(27)14-22(24)15-31-18(3)12-25(30-31)29-26(32)21-5-4-19-8-10-28-11-9-20(19)13-21/h4-7,12-14,17,28H,8-11,15-16H2,1-3H3,(H,29,30,32). The smallest absolute Gasteiger partial charge is 0.256 e. The normalized spacial score (nSPS) is 13.5. The summed E-state index contributed by atoms with van der Waals surface area (Å²) in [7, 11) is 0. The Morgan fingerprint density at radius 1 is 1.15 bits per heavy atom. The molecular formula is C26H31ClN4O2. The molecule has 2 N–H and O–H groups in total. The molecule has 1 aromatic heterocycles. The number of amides is 1. The first kappa shape index (κ1) is 23.3. The molecule has 0 saturated heterocycles. The summed E-state index contributed by atoms with van der Waals surface area (Å²) < 4.78 is 7.83. The van der Waals surface area contributed by atoms with Gasteiger partial charge in [0.1, 0.15) is 5.75 Å². The molecule has 3 aromatic rings. The van der Waals surface area contributed by atoms with Gasteiger partial charge < -0.3 is 15.4 Å². The van der Waals surface area contributed by atoms with Crippen LogP contribution in [0.3, 0.4) is 0 Å². The third-order valence-corrected chi connectivity index (χ3v) is 5.98. The van der Waals surface area contributed by atoms with Gasteiger partial charge in [0.25, 0.3) is 5.91 Å². The van der Waals surface area contributed by atoms with Crippen LogP contribution in [-0.4, -0.2) is 35.4 Å². The van der Waals surface area contributed by atoms with Crippen molar-refractivity contribution in [3.05, 3.63) is 75.4 Å². The number of halogens is 1. The highest BCUT2D eigenvalue weighted by molar-refractivity contribution is 6.30. The van der Waals surface area contributed by atoms with Crippen molar-refractivity contribution in [3.63, 3.8) is 0 Å².